The van der Waals surface area contributed by atoms with E-state index in [0.717, 1.165) is 19.4 Å². The van der Waals surface area contributed by atoms with Crippen LogP contribution in [0.15, 0.2) is 0 Å². The van der Waals surface area contributed by atoms with E-state index in [1.54, 1.807) is 0 Å². The maximum absolute atomic E-state index is 10.0. The molecule has 0 aliphatic heterocycles. The average molecular weight is 175 g/mol. The van der Waals surface area contributed by atoms with Crippen molar-refractivity contribution < 1.29 is 14.6 Å². The molecule has 0 heterocycles. The van der Waals surface area contributed by atoms with E-state index in [9.17, 15) is 4.79 Å². The van der Waals surface area contributed by atoms with Crippen LogP contribution in [-0.4, -0.2) is 37.4 Å². The molecule has 0 fully saturated rings. The van der Waals surface area contributed by atoms with Gasteiger partial charge in [0.2, 0.25) is 0 Å². The Morgan fingerprint density at radius 2 is 2.25 bits per heavy atom. The summed E-state index contributed by atoms with van der Waals surface area (Å²) in [6.07, 6.45) is 2.20. The zero-order valence-electron chi connectivity index (χ0n) is 7.51. The lowest BCUT2D eigenvalue weighted by atomic mass is 10.4. The Kier molecular flexibility index (Phi) is 8.05. The summed E-state index contributed by atoms with van der Waals surface area (Å²) in [4.78, 5) is 10.0. The number of nitrogens with one attached hydrogen (secondary N) is 1. The third-order valence-electron chi connectivity index (χ3n) is 1.34. The fourth-order valence-corrected chi connectivity index (χ4v) is 0.688. The summed E-state index contributed by atoms with van der Waals surface area (Å²) in [6.45, 7) is 4.08. The van der Waals surface area contributed by atoms with Crippen molar-refractivity contribution in [3.8, 4) is 0 Å². The van der Waals surface area contributed by atoms with E-state index < -0.39 is 5.97 Å². The molecule has 0 saturated heterocycles. The summed E-state index contributed by atoms with van der Waals surface area (Å²) in [5.41, 5.74) is 0. The maximum atomic E-state index is 10.0. The van der Waals surface area contributed by atoms with E-state index in [-0.39, 0.29) is 6.54 Å². The first-order chi connectivity index (χ1) is 5.77. The first-order valence-corrected chi connectivity index (χ1v) is 4.27. The van der Waals surface area contributed by atoms with Crippen LogP contribution in [-0.2, 0) is 9.53 Å². The van der Waals surface area contributed by atoms with Gasteiger partial charge in [0.05, 0.1) is 13.2 Å². The smallest absolute Gasteiger partial charge is 0.317 e. The Hall–Kier alpha value is -0.610. The van der Waals surface area contributed by atoms with Gasteiger partial charge in [-0.15, -0.1) is 0 Å². The number of hydrogen-bond donors (Lipinski definition) is 2. The molecule has 0 rings (SSSR count). The quantitative estimate of drug-likeness (QED) is 0.527. The zero-order chi connectivity index (χ0) is 9.23. The molecular weight excluding hydrogens is 158 g/mol. The van der Waals surface area contributed by atoms with Crippen LogP contribution in [0.5, 0.6) is 0 Å². The van der Waals surface area contributed by atoms with Gasteiger partial charge in [0.25, 0.3) is 0 Å². The topological polar surface area (TPSA) is 58.6 Å². The molecule has 72 valence electrons. The zero-order valence-corrected chi connectivity index (χ0v) is 7.51. The Labute approximate surface area is 72.9 Å². The fourth-order valence-electron chi connectivity index (χ4n) is 0.688. The molecular formula is C8H17NO3. The molecule has 0 bridgehead atoms. The van der Waals surface area contributed by atoms with Crippen molar-refractivity contribution in [3.63, 3.8) is 0 Å². The van der Waals surface area contributed by atoms with Gasteiger partial charge in [0, 0.05) is 13.2 Å². The van der Waals surface area contributed by atoms with Crippen LogP contribution in [0.1, 0.15) is 19.8 Å². The molecule has 0 aromatic heterocycles. The van der Waals surface area contributed by atoms with E-state index >= 15 is 0 Å². The predicted octanol–water partition coefficient (Wildman–Crippen LogP) is 0.477. The highest BCUT2D eigenvalue weighted by Gasteiger charge is 1.93. The monoisotopic (exact) mass is 175 g/mol. The lowest BCUT2D eigenvalue weighted by Crippen LogP contribution is -2.26. The summed E-state index contributed by atoms with van der Waals surface area (Å²) < 4.78 is 5.20. The molecule has 0 saturated carbocycles. The third-order valence-corrected chi connectivity index (χ3v) is 1.34. The maximum Gasteiger partial charge on any atom is 0.317 e. The fraction of sp³-hybridized carbons (Fsp3) is 0.875. The lowest BCUT2D eigenvalue weighted by Gasteiger charge is -2.02. The van der Waals surface area contributed by atoms with Gasteiger partial charge in [-0.2, -0.15) is 0 Å². The summed E-state index contributed by atoms with van der Waals surface area (Å²) in [7, 11) is 0. The Morgan fingerprint density at radius 1 is 1.50 bits per heavy atom. The summed E-state index contributed by atoms with van der Waals surface area (Å²) in [5.74, 6) is -0.830. The molecule has 0 unspecified atom stereocenters. The normalized spacial score (nSPS) is 10.1. The highest BCUT2D eigenvalue weighted by atomic mass is 16.5. The third kappa shape index (κ3) is 9.39. The molecule has 0 spiro atoms. The van der Waals surface area contributed by atoms with Crippen molar-refractivity contribution in [2.45, 2.75) is 19.8 Å². The first kappa shape index (κ1) is 11.4. The van der Waals surface area contributed by atoms with Crippen LogP contribution in [0.4, 0.5) is 0 Å². The van der Waals surface area contributed by atoms with Crippen molar-refractivity contribution >= 4 is 5.97 Å². The number of hydrogen-bond acceptors (Lipinski definition) is 3. The molecule has 0 aromatic carbocycles. The van der Waals surface area contributed by atoms with Crippen LogP contribution in [0.2, 0.25) is 0 Å². The van der Waals surface area contributed by atoms with Crippen LogP contribution in [0, 0.1) is 0 Å². The Morgan fingerprint density at radius 3 is 2.83 bits per heavy atom. The molecule has 4 nitrogen and oxygen atoms in total. The number of rotatable bonds is 8. The highest BCUT2D eigenvalue weighted by molar-refractivity contribution is 5.68. The van der Waals surface area contributed by atoms with Gasteiger partial charge in [-0.25, -0.2) is 0 Å². The van der Waals surface area contributed by atoms with Crippen LogP contribution < -0.4 is 5.32 Å². The molecule has 12 heavy (non-hydrogen) atoms. The Balaban J connectivity index is 2.86. The van der Waals surface area contributed by atoms with E-state index in [0.29, 0.717) is 13.2 Å². The van der Waals surface area contributed by atoms with Gasteiger partial charge < -0.3 is 15.2 Å². The van der Waals surface area contributed by atoms with Gasteiger partial charge in [-0.1, -0.05) is 13.3 Å². The van der Waals surface area contributed by atoms with Crippen molar-refractivity contribution in [3.05, 3.63) is 0 Å². The SMILES string of the molecule is CCCCOCCNCC(=O)O. The second-order valence-electron chi connectivity index (χ2n) is 2.54. The molecule has 0 aliphatic carbocycles. The van der Waals surface area contributed by atoms with E-state index in [4.69, 9.17) is 9.84 Å². The number of unbranched alkanes of at least 4 members (excludes halogenated alkanes) is 1. The Bertz CT molecular complexity index is 117. The largest absolute Gasteiger partial charge is 0.480 e. The van der Waals surface area contributed by atoms with E-state index in [2.05, 4.69) is 12.2 Å². The van der Waals surface area contributed by atoms with Crippen LogP contribution >= 0.6 is 0 Å². The van der Waals surface area contributed by atoms with Gasteiger partial charge in [-0.3, -0.25) is 4.79 Å². The standard InChI is InChI=1S/C8H17NO3/c1-2-3-5-12-6-4-9-7-8(10)11/h9H,2-7H2,1H3,(H,10,11). The van der Waals surface area contributed by atoms with E-state index in [1.165, 1.54) is 0 Å². The second kappa shape index (κ2) is 8.49. The van der Waals surface area contributed by atoms with Crippen molar-refractivity contribution in [2.24, 2.45) is 0 Å². The minimum absolute atomic E-state index is 0.0110. The summed E-state index contributed by atoms with van der Waals surface area (Å²) in [5, 5.41) is 11.0. The van der Waals surface area contributed by atoms with E-state index in [1.807, 2.05) is 0 Å². The van der Waals surface area contributed by atoms with Crippen molar-refractivity contribution in [2.75, 3.05) is 26.3 Å². The number of carbonyl (C=O) groups is 1. The summed E-state index contributed by atoms with van der Waals surface area (Å²) in [6, 6.07) is 0. The molecule has 0 aromatic rings. The van der Waals surface area contributed by atoms with Gasteiger partial charge in [-0.05, 0) is 6.42 Å². The molecule has 2 N–H and O–H groups in total. The van der Waals surface area contributed by atoms with Gasteiger partial charge in [0.1, 0.15) is 0 Å². The molecule has 0 aliphatic rings. The number of ether oxygens (including phenoxy) is 1. The second-order valence-corrected chi connectivity index (χ2v) is 2.54. The highest BCUT2D eigenvalue weighted by Crippen LogP contribution is 1.86. The minimum atomic E-state index is -0.830. The number of aliphatic carboxylic acids is 1. The van der Waals surface area contributed by atoms with Crippen LogP contribution in [0.3, 0.4) is 0 Å². The van der Waals surface area contributed by atoms with Gasteiger partial charge in [0.15, 0.2) is 0 Å². The number of carboxylic acid groups (broad SMARTS) is 1. The molecule has 0 atom stereocenters. The van der Waals surface area contributed by atoms with Crippen LogP contribution in [0.25, 0.3) is 0 Å². The molecule has 0 radical (unpaired) electrons. The average Bonchev–Trinajstić information content (AvgIpc) is 2.02. The predicted molar refractivity (Wildman–Crippen MR) is 46.2 cm³/mol. The minimum Gasteiger partial charge on any atom is -0.480 e. The first-order valence-electron chi connectivity index (χ1n) is 4.27. The lowest BCUT2D eigenvalue weighted by molar-refractivity contribution is -0.136. The van der Waals surface area contributed by atoms with Crippen molar-refractivity contribution in [1.29, 1.82) is 0 Å². The van der Waals surface area contributed by atoms with Crippen molar-refractivity contribution in [1.82, 2.24) is 5.32 Å². The molecule has 4 heteroatoms. The summed E-state index contributed by atoms with van der Waals surface area (Å²) >= 11 is 0. The number of carboxylic acids is 1. The molecule has 0 amide bonds. The van der Waals surface area contributed by atoms with Gasteiger partial charge >= 0.3 is 5.97 Å².